The highest BCUT2D eigenvalue weighted by atomic mass is 32.3. The van der Waals surface area contributed by atoms with Crippen LogP contribution in [0.3, 0.4) is 0 Å². The minimum Gasteiger partial charge on any atom is -0.463 e. The highest BCUT2D eigenvalue weighted by Gasteiger charge is 2.49. The summed E-state index contributed by atoms with van der Waals surface area (Å²) in [5.74, 6) is -2.27. The van der Waals surface area contributed by atoms with Crippen LogP contribution in [0.25, 0.3) is 0 Å². The summed E-state index contributed by atoms with van der Waals surface area (Å²) in [6.07, 6.45) is -1.01. The summed E-state index contributed by atoms with van der Waals surface area (Å²) in [4.78, 5) is 23.3. The number of alkyl halides is 3. The molecule has 3 unspecified atom stereocenters. The zero-order valence-corrected chi connectivity index (χ0v) is 15.9. The van der Waals surface area contributed by atoms with Crippen LogP contribution in [-0.4, -0.2) is 53.1 Å². The molecule has 162 valence electrons. The van der Waals surface area contributed by atoms with Crippen molar-refractivity contribution in [3.8, 4) is 0 Å². The van der Waals surface area contributed by atoms with Crippen LogP contribution in [-0.2, 0) is 43.6 Å². The Morgan fingerprint density at radius 3 is 2.36 bits per heavy atom. The van der Waals surface area contributed by atoms with Gasteiger partial charge in [-0.3, -0.25) is 8.98 Å². The molecular weight excluding hydrogens is 435 g/mol. The third-order valence-corrected chi connectivity index (χ3v) is 7.00. The SMILES string of the molecule is O=C(CC1CCCCC1OS(=O)(=O)NS(=O)(=O)C(F)(F)F)OC1CCOC1=O. The molecule has 0 aromatic heterocycles. The summed E-state index contributed by atoms with van der Waals surface area (Å²) < 4.78 is 97.1. The monoisotopic (exact) mass is 453 g/mol. The maximum absolute atomic E-state index is 12.3. The Morgan fingerprint density at radius 1 is 1.14 bits per heavy atom. The number of carbonyl (C=O) groups is 2. The minimum atomic E-state index is -6.17. The lowest BCUT2D eigenvalue weighted by atomic mass is 9.84. The number of ether oxygens (including phenoxy) is 2. The Labute approximate surface area is 159 Å². The third-order valence-electron chi connectivity index (χ3n) is 4.20. The van der Waals surface area contributed by atoms with Crippen molar-refractivity contribution in [1.29, 1.82) is 0 Å². The molecule has 0 spiro atoms. The molecule has 1 saturated heterocycles. The van der Waals surface area contributed by atoms with E-state index in [-0.39, 0.29) is 25.9 Å². The van der Waals surface area contributed by atoms with Gasteiger partial charge in [0.25, 0.3) is 0 Å². The largest absolute Gasteiger partial charge is 0.512 e. The summed E-state index contributed by atoms with van der Waals surface area (Å²) in [5.41, 5.74) is -5.84. The van der Waals surface area contributed by atoms with Crippen molar-refractivity contribution < 1.29 is 53.3 Å². The van der Waals surface area contributed by atoms with E-state index in [4.69, 9.17) is 4.74 Å². The summed E-state index contributed by atoms with van der Waals surface area (Å²) in [6, 6.07) is 0. The van der Waals surface area contributed by atoms with Gasteiger partial charge in [-0.15, -0.1) is 0 Å². The van der Waals surface area contributed by atoms with Gasteiger partial charge >= 0.3 is 37.8 Å². The lowest BCUT2D eigenvalue weighted by Crippen LogP contribution is -2.43. The molecule has 1 saturated carbocycles. The second-order valence-corrected chi connectivity index (χ2v) is 9.54. The van der Waals surface area contributed by atoms with Crippen molar-refractivity contribution in [1.82, 2.24) is 4.13 Å². The van der Waals surface area contributed by atoms with Crippen LogP contribution in [0.15, 0.2) is 0 Å². The average molecular weight is 453 g/mol. The number of nitrogens with one attached hydrogen (secondary N) is 1. The maximum Gasteiger partial charge on any atom is 0.512 e. The van der Waals surface area contributed by atoms with Crippen LogP contribution in [0.1, 0.15) is 38.5 Å². The first-order valence-corrected chi connectivity index (χ1v) is 11.1. The highest BCUT2D eigenvalue weighted by molar-refractivity contribution is 8.03. The highest BCUT2D eigenvalue weighted by Crippen LogP contribution is 2.31. The lowest BCUT2D eigenvalue weighted by molar-refractivity contribution is -0.161. The number of sulfonamides is 1. The Morgan fingerprint density at radius 2 is 1.79 bits per heavy atom. The van der Waals surface area contributed by atoms with Gasteiger partial charge in [-0.2, -0.15) is 21.6 Å². The molecule has 3 atom stereocenters. The van der Waals surface area contributed by atoms with Crippen LogP contribution in [0.4, 0.5) is 13.2 Å². The van der Waals surface area contributed by atoms with Crippen LogP contribution < -0.4 is 4.13 Å². The quantitative estimate of drug-likeness (QED) is 0.545. The molecule has 2 rings (SSSR count). The first-order valence-electron chi connectivity index (χ1n) is 8.20. The van der Waals surface area contributed by atoms with Crippen LogP contribution in [0.5, 0.6) is 0 Å². The van der Waals surface area contributed by atoms with E-state index < -0.39 is 55.9 Å². The molecule has 1 aliphatic heterocycles. The molecule has 2 aliphatic rings. The average Bonchev–Trinajstić information content (AvgIpc) is 2.91. The molecular formula is C13H18F3NO9S2. The van der Waals surface area contributed by atoms with Gasteiger partial charge in [0.1, 0.15) is 0 Å². The molecule has 1 heterocycles. The van der Waals surface area contributed by atoms with Gasteiger partial charge in [0, 0.05) is 6.42 Å². The molecule has 2 fully saturated rings. The summed E-state index contributed by atoms with van der Waals surface area (Å²) in [5, 5.41) is 0. The van der Waals surface area contributed by atoms with Crippen molar-refractivity contribution >= 4 is 32.3 Å². The van der Waals surface area contributed by atoms with Gasteiger partial charge in [0.15, 0.2) is 0 Å². The van der Waals surface area contributed by atoms with Gasteiger partial charge in [0.05, 0.1) is 19.1 Å². The van der Waals surface area contributed by atoms with E-state index in [9.17, 15) is 39.6 Å². The molecule has 0 radical (unpaired) electrons. The normalized spacial score (nSPS) is 26.7. The predicted molar refractivity (Wildman–Crippen MR) is 83.9 cm³/mol. The molecule has 0 bridgehead atoms. The van der Waals surface area contributed by atoms with Crippen molar-refractivity contribution in [2.24, 2.45) is 5.92 Å². The number of hydrogen-bond donors (Lipinski definition) is 1. The second kappa shape index (κ2) is 8.51. The Balaban J connectivity index is 2.00. The Kier molecular flexibility index (Phi) is 6.94. The molecule has 0 aromatic rings. The number of halogens is 3. The van der Waals surface area contributed by atoms with Gasteiger partial charge in [-0.25, -0.2) is 13.2 Å². The number of rotatable bonds is 7. The van der Waals surface area contributed by atoms with Gasteiger partial charge < -0.3 is 9.47 Å². The number of carbonyl (C=O) groups excluding carboxylic acids is 2. The molecule has 10 nitrogen and oxygen atoms in total. The fraction of sp³-hybridized carbons (Fsp3) is 0.846. The smallest absolute Gasteiger partial charge is 0.463 e. The van der Waals surface area contributed by atoms with Crippen molar-refractivity contribution in [3.05, 3.63) is 0 Å². The molecule has 0 amide bonds. The van der Waals surface area contributed by atoms with Gasteiger partial charge in [-0.05, 0) is 18.8 Å². The molecule has 1 aliphatic carbocycles. The van der Waals surface area contributed by atoms with Crippen LogP contribution in [0, 0.1) is 5.92 Å². The van der Waals surface area contributed by atoms with Gasteiger partial charge in [-0.1, -0.05) is 17.0 Å². The van der Waals surface area contributed by atoms with Crippen molar-refractivity contribution in [2.75, 3.05) is 6.61 Å². The minimum absolute atomic E-state index is 0.0798. The van der Waals surface area contributed by atoms with Crippen molar-refractivity contribution in [2.45, 2.75) is 56.2 Å². The topological polar surface area (TPSA) is 142 Å². The molecule has 28 heavy (non-hydrogen) atoms. The molecule has 15 heteroatoms. The van der Waals surface area contributed by atoms with Crippen LogP contribution in [0.2, 0.25) is 0 Å². The first kappa shape index (κ1) is 22.8. The lowest BCUT2D eigenvalue weighted by Gasteiger charge is -2.30. The van der Waals surface area contributed by atoms with Crippen LogP contribution >= 0.6 is 0 Å². The molecule has 0 aromatic carbocycles. The van der Waals surface area contributed by atoms with Gasteiger partial charge in [0.2, 0.25) is 6.10 Å². The van der Waals surface area contributed by atoms with E-state index >= 15 is 0 Å². The fourth-order valence-corrected chi connectivity index (χ4v) is 5.09. The first-order chi connectivity index (χ1) is 12.8. The summed E-state index contributed by atoms with van der Waals surface area (Å²) in [6.45, 7) is 0.101. The number of cyclic esters (lactones) is 1. The fourth-order valence-electron chi connectivity index (χ4n) is 2.90. The van der Waals surface area contributed by atoms with E-state index in [1.807, 2.05) is 0 Å². The van der Waals surface area contributed by atoms with Crippen molar-refractivity contribution in [3.63, 3.8) is 0 Å². The third kappa shape index (κ3) is 6.02. The standard InChI is InChI=1S/C13H18F3NO9S2/c14-13(15,16)27(20,21)17-28(22,23)26-9-4-2-1-3-8(9)7-11(18)25-10-5-6-24-12(10)19/h8-10,17H,1-7H2. The summed E-state index contributed by atoms with van der Waals surface area (Å²) >= 11 is 0. The Bertz CT molecular complexity index is 810. The zero-order chi connectivity index (χ0) is 21.2. The van der Waals surface area contributed by atoms with E-state index in [0.29, 0.717) is 23.4 Å². The predicted octanol–water partition coefficient (Wildman–Crippen LogP) is 0.495. The zero-order valence-electron chi connectivity index (χ0n) is 14.3. The van der Waals surface area contributed by atoms with E-state index in [1.165, 1.54) is 0 Å². The number of esters is 2. The molecule has 1 N–H and O–H groups in total. The summed E-state index contributed by atoms with van der Waals surface area (Å²) in [7, 11) is -11.5. The maximum atomic E-state index is 12.3. The van der Waals surface area contributed by atoms with E-state index in [2.05, 4.69) is 8.92 Å². The second-order valence-electron chi connectivity index (χ2n) is 6.30. The van der Waals surface area contributed by atoms with E-state index in [1.54, 1.807) is 0 Å². The Hall–Kier alpha value is -1.45. The number of hydrogen-bond acceptors (Lipinski definition) is 9. The van der Waals surface area contributed by atoms with E-state index in [0.717, 1.165) is 0 Å².